The summed E-state index contributed by atoms with van der Waals surface area (Å²) in [5, 5.41) is 3.22. The lowest BCUT2D eigenvalue weighted by molar-refractivity contribution is -0.124. The van der Waals surface area contributed by atoms with E-state index >= 15 is 0 Å². The molecule has 0 saturated carbocycles. The smallest absolute Gasteiger partial charge is 0.268 e. The van der Waals surface area contributed by atoms with E-state index in [4.69, 9.17) is 21.1 Å². The fraction of sp³-hybridized carbons (Fsp3) is 0.263. The van der Waals surface area contributed by atoms with E-state index in [0.29, 0.717) is 27.9 Å². The van der Waals surface area contributed by atoms with Crippen molar-refractivity contribution in [2.45, 2.75) is 26.5 Å². The molecule has 0 spiro atoms. The highest BCUT2D eigenvalue weighted by Gasteiger charge is 2.31. The van der Waals surface area contributed by atoms with Gasteiger partial charge in [-0.25, -0.2) is 0 Å². The number of carbonyl (C=O) groups excluding carboxylic acids is 2. The minimum Gasteiger partial charge on any atom is -0.493 e. The second kappa shape index (κ2) is 7.25. The van der Waals surface area contributed by atoms with Gasteiger partial charge in [0.05, 0.1) is 13.7 Å². The molecule has 7 heteroatoms. The second-order valence-corrected chi connectivity index (χ2v) is 6.45. The first-order chi connectivity index (χ1) is 12.4. The van der Waals surface area contributed by atoms with Crippen molar-refractivity contribution < 1.29 is 19.1 Å². The van der Waals surface area contributed by atoms with Crippen LogP contribution in [0.5, 0.6) is 11.5 Å². The lowest BCUT2D eigenvalue weighted by Gasteiger charge is -2.23. The number of nitrogens with zero attached hydrogens (tertiary/aromatic N) is 1. The standard InChI is InChI=1S/C19H19ClN2O4/c1-11-19(24)22(16-6-4-5-15(9-16)21-12(2)23)10-13-7-14(20)8-17(25-3)18(13)26-11/h4-9,11H,10H2,1-3H3,(H,21,23). The summed E-state index contributed by atoms with van der Waals surface area (Å²) in [6.07, 6.45) is -0.698. The quantitative estimate of drug-likeness (QED) is 0.890. The molecule has 0 bridgehead atoms. The van der Waals surface area contributed by atoms with Gasteiger partial charge in [0, 0.05) is 35.0 Å². The van der Waals surface area contributed by atoms with Gasteiger partial charge in [-0.2, -0.15) is 0 Å². The molecule has 0 aliphatic carbocycles. The van der Waals surface area contributed by atoms with Gasteiger partial charge in [0.2, 0.25) is 5.91 Å². The van der Waals surface area contributed by atoms with Crippen molar-refractivity contribution in [1.29, 1.82) is 0 Å². The number of methoxy groups -OCH3 is 1. The van der Waals surface area contributed by atoms with Gasteiger partial charge in [0.1, 0.15) is 0 Å². The average Bonchev–Trinajstić information content (AvgIpc) is 2.71. The van der Waals surface area contributed by atoms with Crippen LogP contribution >= 0.6 is 11.6 Å². The first-order valence-electron chi connectivity index (χ1n) is 8.11. The van der Waals surface area contributed by atoms with Crippen LogP contribution in [0.3, 0.4) is 0 Å². The molecule has 1 unspecified atom stereocenters. The van der Waals surface area contributed by atoms with Crippen molar-refractivity contribution in [2.75, 3.05) is 17.3 Å². The molecule has 2 aromatic carbocycles. The number of carbonyl (C=O) groups is 2. The maximum absolute atomic E-state index is 12.9. The fourth-order valence-corrected chi connectivity index (χ4v) is 3.12. The second-order valence-electron chi connectivity index (χ2n) is 6.01. The summed E-state index contributed by atoms with van der Waals surface area (Å²) in [5.74, 6) is 0.626. The molecule has 2 amide bonds. The zero-order valence-corrected chi connectivity index (χ0v) is 15.5. The maximum Gasteiger partial charge on any atom is 0.268 e. The van der Waals surface area contributed by atoms with Gasteiger partial charge in [0.25, 0.3) is 5.91 Å². The molecule has 3 rings (SSSR count). The van der Waals surface area contributed by atoms with Gasteiger partial charge < -0.3 is 19.7 Å². The molecule has 0 saturated heterocycles. The molecule has 1 aliphatic heterocycles. The molecule has 0 aromatic heterocycles. The van der Waals surface area contributed by atoms with Crippen molar-refractivity contribution in [3.8, 4) is 11.5 Å². The number of anilines is 2. The van der Waals surface area contributed by atoms with Gasteiger partial charge in [-0.15, -0.1) is 0 Å². The Hall–Kier alpha value is -2.73. The number of hydrogen-bond acceptors (Lipinski definition) is 4. The van der Waals surface area contributed by atoms with Crippen LogP contribution in [0.4, 0.5) is 11.4 Å². The number of amides is 2. The van der Waals surface area contributed by atoms with Crippen molar-refractivity contribution >= 4 is 34.8 Å². The van der Waals surface area contributed by atoms with Gasteiger partial charge in [-0.3, -0.25) is 9.59 Å². The topological polar surface area (TPSA) is 67.9 Å². The molecule has 1 atom stereocenters. The number of nitrogens with one attached hydrogen (secondary N) is 1. The Kier molecular flexibility index (Phi) is 5.04. The monoisotopic (exact) mass is 374 g/mol. The van der Waals surface area contributed by atoms with Crippen LogP contribution in [0.2, 0.25) is 5.02 Å². The molecule has 0 radical (unpaired) electrons. The Labute approximate surface area is 156 Å². The molecule has 6 nitrogen and oxygen atoms in total. The summed E-state index contributed by atoms with van der Waals surface area (Å²) in [7, 11) is 1.53. The van der Waals surface area contributed by atoms with Crippen molar-refractivity contribution in [3.63, 3.8) is 0 Å². The Bertz CT molecular complexity index is 869. The van der Waals surface area contributed by atoms with Crippen LogP contribution in [0.25, 0.3) is 0 Å². The third kappa shape index (κ3) is 3.60. The molecular weight excluding hydrogens is 356 g/mol. The summed E-state index contributed by atoms with van der Waals surface area (Å²) in [4.78, 5) is 25.8. The van der Waals surface area contributed by atoms with E-state index in [2.05, 4.69) is 5.32 Å². The van der Waals surface area contributed by atoms with Crippen LogP contribution in [0.1, 0.15) is 19.4 Å². The molecule has 1 heterocycles. The van der Waals surface area contributed by atoms with Crippen molar-refractivity contribution in [2.24, 2.45) is 0 Å². The molecule has 26 heavy (non-hydrogen) atoms. The minimum absolute atomic E-state index is 0.178. The summed E-state index contributed by atoms with van der Waals surface area (Å²) in [6, 6.07) is 10.5. The van der Waals surface area contributed by atoms with E-state index in [0.717, 1.165) is 5.56 Å². The highest BCUT2D eigenvalue weighted by Crippen LogP contribution is 2.39. The van der Waals surface area contributed by atoms with Crippen molar-refractivity contribution in [1.82, 2.24) is 0 Å². The van der Waals surface area contributed by atoms with E-state index in [1.165, 1.54) is 14.0 Å². The van der Waals surface area contributed by atoms with Gasteiger partial charge in [-0.05, 0) is 31.2 Å². The van der Waals surface area contributed by atoms with Crippen LogP contribution in [-0.2, 0) is 16.1 Å². The molecule has 2 aromatic rings. The number of fused-ring (bicyclic) bond motifs is 1. The van der Waals surface area contributed by atoms with Crippen LogP contribution in [-0.4, -0.2) is 25.0 Å². The number of halogens is 1. The van der Waals surface area contributed by atoms with E-state index in [-0.39, 0.29) is 18.4 Å². The molecule has 1 aliphatic rings. The summed E-state index contributed by atoms with van der Waals surface area (Å²) >= 11 is 6.18. The van der Waals surface area contributed by atoms with Crippen LogP contribution in [0, 0.1) is 0 Å². The minimum atomic E-state index is -0.698. The summed E-state index contributed by atoms with van der Waals surface area (Å²) in [6.45, 7) is 3.40. The molecule has 136 valence electrons. The van der Waals surface area contributed by atoms with Gasteiger partial charge >= 0.3 is 0 Å². The van der Waals surface area contributed by atoms with E-state index < -0.39 is 6.10 Å². The third-order valence-corrected chi connectivity index (χ3v) is 4.25. The normalized spacial score (nSPS) is 16.4. The fourth-order valence-electron chi connectivity index (χ4n) is 2.89. The predicted molar refractivity (Wildman–Crippen MR) is 100 cm³/mol. The number of hydrogen-bond donors (Lipinski definition) is 1. The maximum atomic E-state index is 12.9. The lowest BCUT2D eigenvalue weighted by atomic mass is 10.1. The Balaban J connectivity index is 2.04. The summed E-state index contributed by atoms with van der Waals surface area (Å²) < 4.78 is 11.2. The number of ether oxygens (including phenoxy) is 2. The predicted octanol–water partition coefficient (Wildman–Crippen LogP) is 3.62. The first-order valence-corrected chi connectivity index (χ1v) is 8.49. The largest absolute Gasteiger partial charge is 0.493 e. The average molecular weight is 375 g/mol. The van der Waals surface area contributed by atoms with Crippen LogP contribution < -0.4 is 19.7 Å². The highest BCUT2D eigenvalue weighted by atomic mass is 35.5. The van der Waals surface area contributed by atoms with E-state index in [1.54, 1.807) is 42.2 Å². The Morgan fingerprint density at radius 1 is 1.35 bits per heavy atom. The number of benzene rings is 2. The number of rotatable bonds is 3. The first kappa shape index (κ1) is 18.1. The summed E-state index contributed by atoms with van der Waals surface area (Å²) in [5.41, 5.74) is 2.02. The van der Waals surface area contributed by atoms with E-state index in [9.17, 15) is 9.59 Å². The molecule has 0 fully saturated rings. The highest BCUT2D eigenvalue weighted by molar-refractivity contribution is 6.30. The Morgan fingerprint density at radius 2 is 2.12 bits per heavy atom. The zero-order chi connectivity index (χ0) is 18.8. The SMILES string of the molecule is COc1cc(Cl)cc2c1OC(C)C(=O)N(c1cccc(NC(C)=O)c1)C2. The van der Waals surface area contributed by atoms with Gasteiger partial charge in [-0.1, -0.05) is 17.7 Å². The van der Waals surface area contributed by atoms with Gasteiger partial charge in [0.15, 0.2) is 17.6 Å². The zero-order valence-electron chi connectivity index (χ0n) is 14.7. The third-order valence-electron chi connectivity index (χ3n) is 4.03. The molecular formula is C19H19ClN2O4. The van der Waals surface area contributed by atoms with Crippen LogP contribution in [0.15, 0.2) is 36.4 Å². The Morgan fingerprint density at radius 3 is 2.81 bits per heavy atom. The lowest BCUT2D eigenvalue weighted by Crippen LogP contribution is -2.38. The van der Waals surface area contributed by atoms with E-state index in [1.807, 2.05) is 6.07 Å². The molecule has 1 N–H and O–H groups in total. The van der Waals surface area contributed by atoms with Crippen molar-refractivity contribution in [3.05, 3.63) is 47.0 Å².